The molecule has 1 aliphatic rings. The Morgan fingerprint density at radius 1 is 1.08 bits per heavy atom. The molecule has 0 aromatic heterocycles. The predicted octanol–water partition coefficient (Wildman–Crippen LogP) is 4.64. The zero-order valence-corrected chi connectivity index (χ0v) is 9.68. The number of unbranched alkanes of at least 4 members (excludes halogenated alkanes) is 1. The molecule has 0 heteroatoms. The van der Waals surface area contributed by atoms with E-state index in [-0.39, 0.29) is 0 Å². The fraction of sp³-hybridized carbons (Fsp3) is 1.00. The summed E-state index contributed by atoms with van der Waals surface area (Å²) in [5.41, 5.74) is 0. The first-order valence-corrected chi connectivity index (χ1v) is 6.24. The van der Waals surface area contributed by atoms with Crippen molar-refractivity contribution < 1.29 is 0 Å². The Morgan fingerprint density at radius 2 is 1.69 bits per heavy atom. The first-order chi connectivity index (χ1) is 6.24. The van der Waals surface area contributed by atoms with Gasteiger partial charge in [0.15, 0.2) is 0 Å². The van der Waals surface area contributed by atoms with Crippen molar-refractivity contribution >= 4 is 0 Å². The molecule has 0 saturated heterocycles. The molecule has 0 nitrogen and oxygen atoms in total. The molecule has 1 fully saturated rings. The average molecular weight is 182 g/mol. The van der Waals surface area contributed by atoms with E-state index in [4.69, 9.17) is 0 Å². The van der Waals surface area contributed by atoms with Gasteiger partial charge in [-0.3, -0.25) is 0 Å². The van der Waals surface area contributed by atoms with Gasteiger partial charge in [0.05, 0.1) is 0 Å². The quantitative estimate of drug-likeness (QED) is 0.594. The summed E-state index contributed by atoms with van der Waals surface area (Å²) in [5.74, 6) is 3.04. The van der Waals surface area contributed by atoms with Crippen LogP contribution in [0.25, 0.3) is 0 Å². The molecule has 13 heavy (non-hydrogen) atoms. The van der Waals surface area contributed by atoms with Crippen LogP contribution in [0.1, 0.15) is 65.7 Å². The van der Waals surface area contributed by atoms with Crippen molar-refractivity contribution in [3.63, 3.8) is 0 Å². The fourth-order valence-electron chi connectivity index (χ4n) is 2.64. The minimum atomic E-state index is 0.923. The lowest BCUT2D eigenvalue weighted by Crippen LogP contribution is -2.18. The van der Waals surface area contributed by atoms with Crippen LogP contribution in [0.3, 0.4) is 0 Å². The molecule has 0 bridgehead atoms. The molecule has 0 radical (unpaired) electrons. The maximum absolute atomic E-state index is 2.39. The zero-order valence-electron chi connectivity index (χ0n) is 9.68. The summed E-state index contributed by atoms with van der Waals surface area (Å²) in [6, 6.07) is 0. The van der Waals surface area contributed by atoms with Gasteiger partial charge in [0.2, 0.25) is 0 Å². The topological polar surface area (TPSA) is 0 Å². The van der Waals surface area contributed by atoms with Gasteiger partial charge in [-0.25, -0.2) is 0 Å². The van der Waals surface area contributed by atoms with Gasteiger partial charge in [0.25, 0.3) is 0 Å². The Bertz CT molecular complexity index is 118. The predicted molar refractivity (Wildman–Crippen MR) is 59.8 cm³/mol. The Morgan fingerprint density at radius 3 is 2.15 bits per heavy atom. The maximum Gasteiger partial charge on any atom is -0.0391 e. The van der Waals surface area contributed by atoms with Crippen molar-refractivity contribution in [1.29, 1.82) is 0 Å². The van der Waals surface area contributed by atoms with Crippen LogP contribution in [0.15, 0.2) is 0 Å². The van der Waals surface area contributed by atoms with Crippen molar-refractivity contribution in [3.05, 3.63) is 0 Å². The van der Waals surface area contributed by atoms with Crippen LogP contribution in [0, 0.1) is 17.8 Å². The summed E-state index contributed by atoms with van der Waals surface area (Å²) in [5, 5.41) is 0. The summed E-state index contributed by atoms with van der Waals surface area (Å²) in [7, 11) is 0. The fourth-order valence-corrected chi connectivity index (χ4v) is 2.64. The van der Waals surface area contributed by atoms with Crippen LogP contribution in [0.4, 0.5) is 0 Å². The van der Waals surface area contributed by atoms with Gasteiger partial charge < -0.3 is 0 Å². The number of hydrogen-bond acceptors (Lipinski definition) is 0. The van der Waals surface area contributed by atoms with Crippen molar-refractivity contribution in [1.82, 2.24) is 0 Å². The molecule has 0 heterocycles. The second-order valence-electron chi connectivity index (χ2n) is 5.17. The molecule has 1 saturated carbocycles. The van der Waals surface area contributed by atoms with Crippen LogP contribution in [0.2, 0.25) is 0 Å². The van der Waals surface area contributed by atoms with Gasteiger partial charge in [-0.05, 0) is 30.6 Å². The third-order valence-corrected chi connectivity index (χ3v) is 3.80. The standard InChI is InChI=1S/C13H26/c1-4-5-6-12-7-9-13(10-8-12)11(2)3/h11-13H,4-10H2,1-3H3. The third kappa shape index (κ3) is 3.70. The van der Waals surface area contributed by atoms with Crippen molar-refractivity contribution in [3.8, 4) is 0 Å². The van der Waals surface area contributed by atoms with Crippen LogP contribution in [0.5, 0.6) is 0 Å². The highest BCUT2D eigenvalue weighted by molar-refractivity contribution is 4.74. The van der Waals surface area contributed by atoms with E-state index < -0.39 is 0 Å². The molecule has 78 valence electrons. The molecule has 0 aliphatic heterocycles. The molecular formula is C13H26. The van der Waals surface area contributed by atoms with Crippen LogP contribution < -0.4 is 0 Å². The third-order valence-electron chi connectivity index (χ3n) is 3.80. The van der Waals surface area contributed by atoms with E-state index in [0.717, 1.165) is 17.8 Å². The summed E-state index contributed by atoms with van der Waals surface area (Å²) in [6.45, 7) is 7.08. The molecule has 0 unspecified atom stereocenters. The highest BCUT2D eigenvalue weighted by Crippen LogP contribution is 2.35. The molecule has 0 aromatic carbocycles. The lowest BCUT2D eigenvalue weighted by molar-refractivity contribution is 0.214. The van der Waals surface area contributed by atoms with Crippen LogP contribution in [-0.4, -0.2) is 0 Å². The first-order valence-electron chi connectivity index (χ1n) is 6.24. The molecule has 0 aromatic rings. The Labute approximate surface area is 84.1 Å². The van der Waals surface area contributed by atoms with Crippen molar-refractivity contribution in [2.45, 2.75) is 65.7 Å². The number of hydrogen-bond donors (Lipinski definition) is 0. The van der Waals surface area contributed by atoms with Crippen LogP contribution in [-0.2, 0) is 0 Å². The van der Waals surface area contributed by atoms with Gasteiger partial charge in [0.1, 0.15) is 0 Å². The van der Waals surface area contributed by atoms with E-state index in [1.807, 2.05) is 0 Å². The Kier molecular flexibility index (Phi) is 4.83. The smallest absolute Gasteiger partial charge is 0.0391 e. The maximum atomic E-state index is 2.39. The lowest BCUT2D eigenvalue weighted by atomic mass is 9.75. The van der Waals surface area contributed by atoms with Crippen molar-refractivity contribution in [2.75, 3.05) is 0 Å². The second-order valence-corrected chi connectivity index (χ2v) is 5.17. The normalized spacial score (nSPS) is 29.5. The van der Waals surface area contributed by atoms with E-state index in [9.17, 15) is 0 Å². The molecule has 0 atom stereocenters. The van der Waals surface area contributed by atoms with E-state index in [2.05, 4.69) is 20.8 Å². The first kappa shape index (κ1) is 11.1. The molecule has 1 rings (SSSR count). The van der Waals surface area contributed by atoms with Crippen LogP contribution >= 0.6 is 0 Å². The molecular weight excluding hydrogens is 156 g/mol. The summed E-state index contributed by atoms with van der Waals surface area (Å²) in [4.78, 5) is 0. The van der Waals surface area contributed by atoms with Gasteiger partial charge in [-0.2, -0.15) is 0 Å². The monoisotopic (exact) mass is 182 g/mol. The summed E-state index contributed by atoms with van der Waals surface area (Å²) < 4.78 is 0. The Hall–Kier alpha value is 0. The largest absolute Gasteiger partial charge is 0.0654 e. The minimum absolute atomic E-state index is 0.923. The Balaban J connectivity index is 2.15. The minimum Gasteiger partial charge on any atom is -0.0654 e. The number of rotatable bonds is 4. The van der Waals surface area contributed by atoms with E-state index in [1.54, 1.807) is 0 Å². The highest BCUT2D eigenvalue weighted by atomic mass is 14.3. The molecule has 0 amide bonds. The highest BCUT2D eigenvalue weighted by Gasteiger charge is 2.22. The summed E-state index contributed by atoms with van der Waals surface area (Å²) >= 11 is 0. The van der Waals surface area contributed by atoms with Gasteiger partial charge >= 0.3 is 0 Å². The van der Waals surface area contributed by atoms with Gasteiger partial charge in [-0.15, -0.1) is 0 Å². The second kappa shape index (κ2) is 5.67. The SMILES string of the molecule is CCCCC1CCC(C(C)C)CC1. The molecule has 0 spiro atoms. The van der Waals surface area contributed by atoms with E-state index >= 15 is 0 Å². The van der Waals surface area contributed by atoms with Gasteiger partial charge in [0, 0.05) is 0 Å². The average Bonchev–Trinajstić information content (AvgIpc) is 2.15. The summed E-state index contributed by atoms with van der Waals surface area (Å²) in [6.07, 6.45) is 10.4. The van der Waals surface area contributed by atoms with Gasteiger partial charge in [-0.1, -0.05) is 52.9 Å². The van der Waals surface area contributed by atoms with E-state index in [0.29, 0.717) is 0 Å². The molecule has 1 aliphatic carbocycles. The van der Waals surface area contributed by atoms with Crippen molar-refractivity contribution in [2.24, 2.45) is 17.8 Å². The lowest BCUT2D eigenvalue weighted by Gasteiger charge is -2.30. The van der Waals surface area contributed by atoms with E-state index in [1.165, 1.54) is 44.9 Å². The molecule has 0 N–H and O–H groups in total. The zero-order chi connectivity index (χ0) is 9.68.